The number of pyridine rings is 1. The zero-order chi connectivity index (χ0) is 18.5. The first kappa shape index (κ1) is 18.5. The van der Waals surface area contributed by atoms with Crippen LogP contribution in [0, 0.1) is 5.92 Å². The number of aromatic nitrogens is 1. The topological polar surface area (TPSA) is 59.5 Å². The summed E-state index contributed by atoms with van der Waals surface area (Å²) in [6, 6.07) is 11.2. The second kappa shape index (κ2) is 8.36. The minimum Gasteiger partial charge on any atom is -0.465 e. The molecule has 0 amide bonds. The molecule has 136 valence electrons. The fourth-order valence-electron chi connectivity index (χ4n) is 3.29. The van der Waals surface area contributed by atoms with E-state index in [1.165, 1.54) is 7.11 Å². The maximum atomic E-state index is 12.9. The first-order chi connectivity index (χ1) is 12.6. The van der Waals surface area contributed by atoms with Crippen LogP contribution in [0.2, 0.25) is 0 Å². The Labute approximate surface area is 157 Å². The highest BCUT2D eigenvalue weighted by molar-refractivity contribution is 7.98. The number of rotatable bonds is 5. The van der Waals surface area contributed by atoms with E-state index in [4.69, 9.17) is 4.74 Å². The third-order valence-electron chi connectivity index (χ3n) is 4.66. The fourth-order valence-corrected chi connectivity index (χ4v) is 3.70. The average molecular weight is 370 g/mol. The van der Waals surface area contributed by atoms with Crippen molar-refractivity contribution in [1.82, 2.24) is 4.98 Å². The molecule has 6 heteroatoms. The second-order valence-electron chi connectivity index (χ2n) is 6.24. The Hall–Kier alpha value is -2.34. The zero-order valence-corrected chi connectivity index (χ0v) is 15.8. The molecule has 1 atom stereocenters. The lowest BCUT2D eigenvalue weighted by atomic mass is 9.90. The minimum absolute atomic E-state index is 0.101. The van der Waals surface area contributed by atoms with Gasteiger partial charge in [0, 0.05) is 35.7 Å². The number of benzene rings is 1. The molecule has 1 fully saturated rings. The third kappa shape index (κ3) is 3.90. The maximum absolute atomic E-state index is 12.9. The number of ether oxygens (including phenoxy) is 1. The second-order valence-corrected chi connectivity index (χ2v) is 7.12. The van der Waals surface area contributed by atoms with E-state index in [1.54, 1.807) is 30.1 Å². The normalized spacial score (nSPS) is 17.0. The van der Waals surface area contributed by atoms with Crippen molar-refractivity contribution in [3.63, 3.8) is 0 Å². The van der Waals surface area contributed by atoms with E-state index in [9.17, 15) is 9.59 Å². The van der Waals surface area contributed by atoms with Gasteiger partial charge in [0.1, 0.15) is 11.4 Å². The third-order valence-corrected chi connectivity index (χ3v) is 5.40. The summed E-state index contributed by atoms with van der Waals surface area (Å²) in [6.07, 6.45) is 5.41. The monoisotopic (exact) mass is 370 g/mol. The van der Waals surface area contributed by atoms with Crippen molar-refractivity contribution in [2.45, 2.75) is 17.7 Å². The molecule has 0 spiro atoms. The molecule has 0 bridgehead atoms. The number of Topliss-reactive ketones (excluding diaryl/α,β-unsaturated/α-hetero) is 1. The van der Waals surface area contributed by atoms with Gasteiger partial charge in [-0.15, -0.1) is 11.8 Å². The first-order valence-corrected chi connectivity index (χ1v) is 9.83. The van der Waals surface area contributed by atoms with Crippen molar-refractivity contribution in [2.24, 2.45) is 5.92 Å². The molecule has 26 heavy (non-hydrogen) atoms. The SMILES string of the molecule is COC(=O)c1cccnc1N1CCCC(C(=O)c2ccc(SC)cc2)C1. The number of anilines is 1. The summed E-state index contributed by atoms with van der Waals surface area (Å²) in [5, 5.41) is 0. The minimum atomic E-state index is -0.408. The fraction of sp³-hybridized carbons (Fsp3) is 0.350. The number of carbonyl (C=O) groups excluding carboxylic acids is 2. The number of nitrogens with zero attached hydrogens (tertiary/aromatic N) is 2. The molecule has 2 aromatic rings. The van der Waals surface area contributed by atoms with Crippen molar-refractivity contribution in [2.75, 3.05) is 31.4 Å². The number of carbonyl (C=O) groups is 2. The van der Waals surface area contributed by atoms with Gasteiger partial charge in [0.05, 0.1) is 7.11 Å². The van der Waals surface area contributed by atoms with E-state index < -0.39 is 5.97 Å². The van der Waals surface area contributed by atoms with Gasteiger partial charge in [-0.3, -0.25) is 4.79 Å². The van der Waals surface area contributed by atoms with Crippen molar-refractivity contribution in [1.29, 1.82) is 0 Å². The van der Waals surface area contributed by atoms with E-state index >= 15 is 0 Å². The lowest BCUT2D eigenvalue weighted by molar-refractivity contribution is 0.0601. The molecule has 1 unspecified atom stereocenters. The van der Waals surface area contributed by atoms with E-state index in [1.807, 2.05) is 35.4 Å². The molecular formula is C20H22N2O3S. The highest BCUT2D eigenvalue weighted by Gasteiger charge is 2.29. The molecular weight excluding hydrogens is 348 g/mol. The van der Waals surface area contributed by atoms with Gasteiger partial charge in [-0.2, -0.15) is 0 Å². The van der Waals surface area contributed by atoms with Gasteiger partial charge >= 0.3 is 5.97 Å². The van der Waals surface area contributed by atoms with Crippen LogP contribution in [-0.2, 0) is 4.74 Å². The predicted molar refractivity (Wildman–Crippen MR) is 103 cm³/mol. The van der Waals surface area contributed by atoms with Crippen LogP contribution in [0.3, 0.4) is 0 Å². The number of hydrogen-bond acceptors (Lipinski definition) is 6. The van der Waals surface area contributed by atoms with E-state index in [2.05, 4.69) is 4.98 Å². The van der Waals surface area contributed by atoms with Gasteiger partial charge in [0.2, 0.25) is 0 Å². The van der Waals surface area contributed by atoms with Crippen molar-refractivity contribution >= 4 is 29.3 Å². The van der Waals surface area contributed by atoms with E-state index in [0.29, 0.717) is 17.9 Å². The van der Waals surface area contributed by atoms with Crippen molar-refractivity contribution < 1.29 is 14.3 Å². The Balaban J connectivity index is 1.79. The van der Waals surface area contributed by atoms with Gasteiger partial charge in [0.25, 0.3) is 0 Å². The molecule has 1 aliphatic rings. The number of piperidine rings is 1. The largest absolute Gasteiger partial charge is 0.465 e. The van der Waals surface area contributed by atoms with Gasteiger partial charge < -0.3 is 9.64 Å². The molecule has 1 saturated heterocycles. The number of thioether (sulfide) groups is 1. The number of esters is 1. The molecule has 0 N–H and O–H groups in total. The summed E-state index contributed by atoms with van der Waals surface area (Å²) >= 11 is 1.66. The standard InChI is InChI=1S/C20H22N2O3S/c1-25-20(24)17-6-3-11-21-19(17)22-12-4-5-15(13-22)18(23)14-7-9-16(26-2)10-8-14/h3,6-11,15H,4-5,12-13H2,1-2H3. The van der Waals surface area contributed by atoms with Crippen molar-refractivity contribution in [3.05, 3.63) is 53.7 Å². The number of ketones is 1. The molecule has 0 saturated carbocycles. The lowest BCUT2D eigenvalue weighted by Crippen LogP contribution is -2.40. The molecule has 3 rings (SSSR count). The van der Waals surface area contributed by atoms with Crippen molar-refractivity contribution in [3.8, 4) is 0 Å². The zero-order valence-electron chi connectivity index (χ0n) is 15.0. The smallest absolute Gasteiger partial charge is 0.341 e. The Bertz CT molecular complexity index is 792. The molecule has 5 nitrogen and oxygen atoms in total. The molecule has 1 aromatic carbocycles. The van der Waals surface area contributed by atoms with Crippen LogP contribution >= 0.6 is 11.8 Å². The summed E-state index contributed by atoms with van der Waals surface area (Å²) < 4.78 is 4.86. The van der Waals surface area contributed by atoms with Crippen LogP contribution in [-0.4, -0.2) is 43.2 Å². The highest BCUT2D eigenvalue weighted by Crippen LogP contribution is 2.27. The maximum Gasteiger partial charge on any atom is 0.341 e. The Morgan fingerprint density at radius 2 is 2.00 bits per heavy atom. The molecule has 1 aliphatic heterocycles. The quantitative estimate of drug-likeness (QED) is 0.454. The molecule has 2 heterocycles. The Morgan fingerprint density at radius 3 is 2.69 bits per heavy atom. The van der Waals surface area contributed by atoms with E-state index in [-0.39, 0.29) is 11.7 Å². The van der Waals surface area contributed by atoms with Gasteiger partial charge in [-0.25, -0.2) is 9.78 Å². The summed E-state index contributed by atoms with van der Waals surface area (Å²) in [7, 11) is 1.36. The highest BCUT2D eigenvalue weighted by atomic mass is 32.2. The number of methoxy groups -OCH3 is 1. The van der Waals surface area contributed by atoms with E-state index in [0.717, 1.165) is 29.8 Å². The van der Waals surface area contributed by atoms with Crippen LogP contribution in [0.5, 0.6) is 0 Å². The lowest BCUT2D eigenvalue weighted by Gasteiger charge is -2.33. The van der Waals surface area contributed by atoms with Crippen LogP contribution in [0.4, 0.5) is 5.82 Å². The first-order valence-electron chi connectivity index (χ1n) is 8.60. The molecule has 0 aliphatic carbocycles. The van der Waals surface area contributed by atoms with Crippen LogP contribution in [0.15, 0.2) is 47.5 Å². The molecule has 1 aromatic heterocycles. The van der Waals surface area contributed by atoms with Crippen LogP contribution in [0.25, 0.3) is 0 Å². The Kier molecular flexibility index (Phi) is 5.93. The van der Waals surface area contributed by atoms with Gasteiger partial charge in [-0.05, 0) is 43.4 Å². The van der Waals surface area contributed by atoms with Gasteiger partial charge in [0.15, 0.2) is 5.78 Å². The summed E-state index contributed by atoms with van der Waals surface area (Å²) in [4.78, 5) is 32.5. The molecule has 0 radical (unpaired) electrons. The van der Waals surface area contributed by atoms with Crippen LogP contribution in [0.1, 0.15) is 33.6 Å². The number of hydrogen-bond donors (Lipinski definition) is 0. The predicted octanol–water partition coefficient (Wildman–Crippen LogP) is 3.69. The summed E-state index contributed by atoms with van der Waals surface area (Å²) in [5.41, 5.74) is 1.18. The summed E-state index contributed by atoms with van der Waals surface area (Å²) in [5.74, 6) is 0.234. The van der Waals surface area contributed by atoms with Crippen LogP contribution < -0.4 is 4.90 Å². The average Bonchev–Trinajstić information content (AvgIpc) is 2.72. The Morgan fingerprint density at radius 1 is 1.23 bits per heavy atom. The van der Waals surface area contributed by atoms with Gasteiger partial charge in [-0.1, -0.05) is 12.1 Å². The summed E-state index contributed by atoms with van der Waals surface area (Å²) in [6.45, 7) is 1.33.